The van der Waals surface area contributed by atoms with Gasteiger partial charge in [-0.3, -0.25) is 4.68 Å². The Kier molecular flexibility index (Phi) is 4.50. The Labute approximate surface area is 110 Å². The van der Waals surface area contributed by atoms with Crippen molar-refractivity contribution in [3.63, 3.8) is 0 Å². The molecule has 0 unspecified atom stereocenters. The molecule has 102 valence electrons. The maximum absolute atomic E-state index is 6.09. The van der Waals surface area contributed by atoms with Gasteiger partial charge in [-0.25, -0.2) is 0 Å². The van der Waals surface area contributed by atoms with Crippen LogP contribution in [0.25, 0.3) is 0 Å². The van der Waals surface area contributed by atoms with Crippen molar-refractivity contribution in [2.24, 2.45) is 13.0 Å². The lowest BCUT2D eigenvalue weighted by Gasteiger charge is -2.21. The lowest BCUT2D eigenvalue weighted by molar-refractivity contribution is 0.345. The van der Waals surface area contributed by atoms with E-state index in [1.165, 1.54) is 38.5 Å². The first-order chi connectivity index (χ1) is 8.72. The SMILES string of the molecule is CCc1nn(C)c(NCCC2CCCCC2)c1N. The third kappa shape index (κ3) is 2.98. The maximum Gasteiger partial charge on any atom is 0.147 e. The molecule has 0 atom stereocenters. The molecular formula is C14H26N4. The van der Waals surface area contributed by atoms with Crippen LogP contribution in [0.1, 0.15) is 51.1 Å². The third-order valence-electron chi connectivity index (χ3n) is 4.07. The highest BCUT2D eigenvalue weighted by molar-refractivity contribution is 5.64. The van der Waals surface area contributed by atoms with Crippen molar-refractivity contribution in [2.45, 2.75) is 51.9 Å². The second kappa shape index (κ2) is 6.12. The zero-order chi connectivity index (χ0) is 13.0. The van der Waals surface area contributed by atoms with Crippen LogP contribution in [0.2, 0.25) is 0 Å². The highest BCUT2D eigenvalue weighted by Crippen LogP contribution is 2.27. The number of nitrogen functional groups attached to an aromatic ring is 1. The van der Waals surface area contributed by atoms with Crippen molar-refractivity contribution < 1.29 is 0 Å². The van der Waals surface area contributed by atoms with E-state index >= 15 is 0 Å². The van der Waals surface area contributed by atoms with E-state index in [-0.39, 0.29) is 0 Å². The predicted molar refractivity (Wildman–Crippen MR) is 76.7 cm³/mol. The summed E-state index contributed by atoms with van der Waals surface area (Å²) in [6, 6.07) is 0. The molecule has 18 heavy (non-hydrogen) atoms. The summed E-state index contributed by atoms with van der Waals surface area (Å²) in [6.45, 7) is 3.10. The molecule has 1 fully saturated rings. The third-order valence-corrected chi connectivity index (χ3v) is 4.07. The Morgan fingerprint density at radius 2 is 2.06 bits per heavy atom. The van der Waals surface area contributed by atoms with E-state index in [0.717, 1.165) is 36.1 Å². The van der Waals surface area contributed by atoms with Crippen LogP contribution in [0.3, 0.4) is 0 Å². The number of nitrogens with zero attached hydrogens (tertiary/aromatic N) is 2. The monoisotopic (exact) mass is 250 g/mol. The fourth-order valence-corrected chi connectivity index (χ4v) is 2.94. The molecule has 1 aliphatic rings. The highest BCUT2D eigenvalue weighted by Gasteiger charge is 2.14. The van der Waals surface area contributed by atoms with E-state index < -0.39 is 0 Å². The van der Waals surface area contributed by atoms with E-state index in [0.29, 0.717) is 0 Å². The molecule has 0 spiro atoms. The van der Waals surface area contributed by atoms with Crippen LogP contribution < -0.4 is 11.1 Å². The van der Waals surface area contributed by atoms with Gasteiger partial charge in [-0.05, 0) is 18.8 Å². The van der Waals surface area contributed by atoms with E-state index in [2.05, 4.69) is 17.3 Å². The lowest BCUT2D eigenvalue weighted by Crippen LogP contribution is -2.14. The Hall–Kier alpha value is -1.19. The second-order valence-corrected chi connectivity index (χ2v) is 5.41. The molecule has 0 bridgehead atoms. The molecule has 1 heterocycles. The van der Waals surface area contributed by atoms with Gasteiger partial charge >= 0.3 is 0 Å². The summed E-state index contributed by atoms with van der Waals surface area (Å²) < 4.78 is 1.87. The number of hydrogen-bond donors (Lipinski definition) is 2. The Morgan fingerprint density at radius 1 is 1.33 bits per heavy atom. The maximum atomic E-state index is 6.09. The molecule has 4 nitrogen and oxygen atoms in total. The lowest BCUT2D eigenvalue weighted by atomic mass is 9.87. The average Bonchev–Trinajstić information content (AvgIpc) is 2.67. The number of aryl methyl sites for hydroxylation is 2. The Balaban J connectivity index is 1.84. The number of nitrogens with two attached hydrogens (primary N) is 1. The van der Waals surface area contributed by atoms with E-state index in [1.807, 2.05) is 11.7 Å². The van der Waals surface area contributed by atoms with Crippen LogP contribution in [0.15, 0.2) is 0 Å². The van der Waals surface area contributed by atoms with Gasteiger partial charge in [0, 0.05) is 13.6 Å². The van der Waals surface area contributed by atoms with Gasteiger partial charge in [-0.2, -0.15) is 5.10 Å². The Bertz CT molecular complexity index is 377. The predicted octanol–water partition coefficient (Wildman–Crippen LogP) is 2.95. The summed E-state index contributed by atoms with van der Waals surface area (Å²) >= 11 is 0. The fraction of sp³-hybridized carbons (Fsp3) is 0.786. The van der Waals surface area contributed by atoms with E-state index in [1.54, 1.807) is 0 Å². The first kappa shape index (κ1) is 13.2. The van der Waals surface area contributed by atoms with Gasteiger partial charge < -0.3 is 11.1 Å². The normalized spacial score (nSPS) is 17.0. The zero-order valence-electron chi connectivity index (χ0n) is 11.7. The molecule has 3 N–H and O–H groups in total. The minimum atomic E-state index is 0.823. The van der Waals surface area contributed by atoms with Gasteiger partial charge in [-0.1, -0.05) is 39.0 Å². The summed E-state index contributed by atoms with van der Waals surface area (Å²) in [5.41, 5.74) is 7.91. The van der Waals surface area contributed by atoms with Crippen molar-refractivity contribution in [3.05, 3.63) is 5.69 Å². The minimum absolute atomic E-state index is 0.823. The molecule has 0 radical (unpaired) electrons. The molecule has 1 aliphatic carbocycles. The van der Waals surface area contributed by atoms with Gasteiger partial charge in [0.05, 0.1) is 11.4 Å². The molecule has 0 amide bonds. The van der Waals surface area contributed by atoms with E-state index in [9.17, 15) is 0 Å². The van der Waals surface area contributed by atoms with Crippen molar-refractivity contribution >= 4 is 11.5 Å². The van der Waals surface area contributed by atoms with Crippen LogP contribution in [-0.4, -0.2) is 16.3 Å². The van der Waals surface area contributed by atoms with Crippen LogP contribution in [0.5, 0.6) is 0 Å². The zero-order valence-corrected chi connectivity index (χ0v) is 11.7. The van der Waals surface area contributed by atoms with Gasteiger partial charge in [0.25, 0.3) is 0 Å². The Morgan fingerprint density at radius 3 is 2.67 bits per heavy atom. The van der Waals surface area contributed by atoms with Gasteiger partial charge in [0.2, 0.25) is 0 Å². The second-order valence-electron chi connectivity index (χ2n) is 5.41. The summed E-state index contributed by atoms with van der Waals surface area (Å²) in [7, 11) is 1.96. The van der Waals surface area contributed by atoms with Crippen molar-refractivity contribution in [1.82, 2.24) is 9.78 Å². The molecular weight excluding hydrogens is 224 g/mol. The topological polar surface area (TPSA) is 55.9 Å². The molecule has 2 rings (SSSR count). The standard InChI is InChI=1S/C14H26N4/c1-3-12-13(15)14(18(2)17-12)16-10-9-11-7-5-4-6-8-11/h11,16H,3-10,15H2,1-2H3. The van der Waals surface area contributed by atoms with Gasteiger partial charge in [0.1, 0.15) is 5.82 Å². The molecule has 0 aliphatic heterocycles. The molecule has 4 heteroatoms. The number of nitrogens with one attached hydrogen (secondary N) is 1. The number of rotatable bonds is 5. The fourth-order valence-electron chi connectivity index (χ4n) is 2.94. The summed E-state index contributed by atoms with van der Waals surface area (Å²) in [5, 5.41) is 7.88. The smallest absolute Gasteiger partial charge is 0.147 e. The van der Waals surface area contributed by atoms with Crippen LogP contribution in [-0.2, 0) is 13.5 Å². The number of aromatic nitrogens is 2. The summed E-state index contributed by atoms with van der Waals surface area (Å²) in [6.07, 6.45) is 9.22. The minimum Gasteiger partial charge on any atom is -0.394 e. The molecule has 0 aromatic carbocycles. The molecule has 1 aromatic heterocycles. The summed E-state index contributed by atoms with van der Waals surface area (Å²) in [4.78, 5) is 0. The van der Waals surface area contributed by atoms with Crippen LogP contribution >= 0.6 is 0 Å². The van der Waals surface area contributed by atoms with Crippen molar-refractivity contribution in [1.29, 1.82) is 0 Å². The van der Waals surface area contributed by atoms with Crippen LogP contribution in [0, 0.1) is 5.92 Å². The summed E-state index contributed by atoms with van der Waals surface area (Å²) in [5.74, 6) is 1.90. The van der Waals surface area contributed by atoms with Gasteiger partial charge in [0.15, 0.2) is 0 Å². The first-order valence-corrected chi connectivity index (χ1v) is 7.27. The van der Waals surface area contributed by atoms with Gasteiger partial charge in [-0.15, -0.1) is 0 Å². The van der Waals surface area contributed by atoms with E-state index in [4.69, 9.17) is 5.73 Å². The highest BCUT2D eigenvalue weighted by atomic mass is 15.3. The first-order valence-electron chi connectivity index (χ1n) is 7.27. The van der Waals surface area contributed by atoms with Crippen molar-refractivity contribution in [2.75, 3.05) is 17.6 Å². The molecule has 0 saturated heterocycles. The quantitative estimate of drug-likeness (QED) is 0.844. The molecule has 1 aromatic rings. The number of hydrogen-bond acceptors (Lipinski definition) is 3. The average molecular weight is 250 g/mol. The largest absolute Gasteiger partial charge is 0.394 e. The van der Waals surface area contributed by atoms with Crippen molar-refractivity contribution in [3.8, 4) is 0 Å². The molecule has 1 saturated carbocycles. The van der Waals surface area contributed by atoms with Crippen LogP contribution in [0.4, 0.5) is 11.5 Å². The number of anilines is 2.